The third kappa shape index (κ3) is 5.88. The normalized spacial score (nSPS) is 17.4. The summed E-state index contributed by atoms with van der Waals surface area (Å²) >= 11 is 0. The first-order valence-electron chi connectivity index (χ1n) is 10.7. The summed E-state index contributed by atoms with van der Waals surface area (Å²) in [4.78, 5) is 2.00. The third-order valence-corrected chi connectivity index (χ3v) is 7.74. The molecule has 2 aromatic carbocycles. The molecule has 184 valence electrons. The number of rotatable bonds is 7. The maximum atomic E-state index is 12.9. The minimum Gasteiger partial charge on any atom is -0.394 e. The molecule has 0 radical (unpaired) electrons. The average molecular weight is 498 g/mol. The number of nitrogens with zero attached hydrogens (tertiary/aromatic N) is 3. The molecule has 0 spiro atoms. The number of anilines is 1. The van der Waals surface area contributed by atoms with E-state index in [-0.39, 0.29) is 38.2 Å². The van der Waals surface area contributed by atoms with E-state index >= 15 is 0 Å². The molecule has 0 bridgehead atoms. The van der Waals surface area contributed by atoms with Crippen LogP contribution in [-0.2, 0) is 9.84 Å². The van der Waals surface area contributed by atoms with Crippen LogP contribution in [0.25, 0.3) is 16.3 Å². The van der Waals surface area contributed by atoms with Crippen LogP contribution in [-0.4, -0.2) is 74.5 Å². The van der Waals surface area contributed by atoms with Crippen molar-refractivity contribution in [2.45, 2.75) is 25.7 Å². The molecule has 0 aromatic heterocycles. The number of benzene rings is 2. The molecule has 0 aliphatic carbocycles. The topological polar surface area (TPSA) is 105 Å². The van der Waals surface area contributed by atoms with Gasteiger partial charge in [0.2, 0.25) is 0 Å². The van der Waals surface area contributed by atoms with Crippen LogP contribution in [0.4, 0.5) is 18.9 Å². The lowest BCUT2D eigenvalue weighted by atomic mass is 10.0. The minimum absolute atomic E-state index is 0.106. The number of alkyl halides is 3. The Labute approximate surface area is 196 Å². The summed E-state index contributed by atoms with van der Waals surface area (Å²) in [5.74, 6) is -0.465. The molecule has 1 unspecified atom stereocenters. The van der Waals surface area contributed by atoms with Crippen molar-refractivity contribution >= 4 is 31.9 Å². The Hall–Kier alpha value is -2.65. The predicted octanol–water partition coefficient (Wildman–Crippen LogP) is 2.89. The number of halogens is 3. The third-order valence-electron chi connectivity index (χ3n) is 5.94. The van der Waals surface area contributed by atoms with Gasteiger partial charge in [0.05, 0.1) is 18.5 Å². The molecular weight excluding hydrogens is 471 g/mol. The standard InChI is InChI=1S/C23H26F3N3O4S/c1-16(22(14-27)34(32,33)11-6-21(31)15-30)17-2-3-19-13-20(5-4-18(19)12-17)28-7-9-29(10-8-28)23(24,25)26/h2-5,12-13,21,30-31H,6-11,15H2,1H3/b22-16+. The average Bonchev–Trinajstić information content (AvgIpc) is 2.81. The number of fused-ring (bicyclic) bond motifs is 1. The van der Waals surface area contributed by atoms with Crippen LogP contribution in [0.1, 0.15) is 18.9 Å². The molecule has 3 rings (SSSR count). The molecule has 1 aliphatic heterocycles. The molecule has 1 atom stereocenters. The Bertz CT molecular complexity index is 1210. The molecular formula is C23H26F3N3O4S. The summed E-state index contributed by atoms with van der Waals surface area (Å²) in [6, 6.07) is 12.5. The van der Waals surface area contributed by atoms with Crippen LogP contribution in [0.2, 0.25) is 0 Å². The number of piperazine rings is 1. The van der Waals surface area contributed by atoms with Gasteiger partial charge >= 0.3 is 6.30 Å². The maximum Gasteiger partial charge on any atom is 0.460 e. The number of aliphatic hydroxyl groups excluding tert-OH is 2. The smallest absolute Gasteiger partial charge is 0.394 e. The number of aliphatic hydroxyl groups is 2. The van der Waals surface area contributed by atoms with E-state index in [4.69, 9.17) is 5.11 Å². The summed E-state index contributed by atoms with van der Waals surface area (Å²) in [5.41, 5.74) is 1.62. The first-order chi connectivity index (χ1) is 16.0. The molecule has 0 saturated carbocycles. The van der Waals surface area contributed by atoms with Gasteiger partial charge in [0.15, 0.2) is 9.84 Å². The number of hydrogen-bond acceptors (Lipinski definition) is 7. The Morgan fingerprint density at radius 3 is 2.32 bits per heavy atom. The predicted molar refractivity (Wildman–Crippen MR) is 123 cm³/mol. The van der Waals surface area contributed by atoms with Gasteiger partial charge in [-0.1, -0.05) is 18.2 Å². The van der Waals surface area contributed by atoms with Crippen LogP contribution >= 0.6 is 0 Å². The lowest BCUT2D eigenvalue weighted by Crippen LogP contribution is -2.51. The van der Waals surface area contributed by atoms with Gasteiger partial charge < -0.3 is 15.1 Å². The molecule has 34 heavy (non-hydrogen) atoms. The van der Waals surface area contributed by atoms with E-state index in [0.717, 1.165) is 16.5 Å². The highest BCUT2D eigenvalue weighted by molar-refractivity contribution is 7.95. The van der Waals surface area contributed by atoms with E-state index in [9.17, 15) is 32.0 Å². The van der Waals surface area contributed by atoms with Gasteiger partial charge in [0.1, 0.15) is 11.0 Å². The Morgan fingerprint density at radius 2 is 1.74 bits per heavy atom. The Balaban J connectivity index is 1.83. The van der Waals surface area contributed by atoms with Crippen molar-refractivity contribution in [2.75, 3.05) is 43.4 Å². The highest BCUT2D eigenvalue weighted by Crippen LogP contribution is 2.30. The number of nitriles is 1. The van der Waals surface area contributed by atoms with Crippen molar-refractivity contribution in [3.05, 3.63) is 46.9 Å². The van der Waals surface area contributed by atoms with Crippen molar-refractivity contribution < 1.29 is 31.8 Å². The lowest BCUT2D eigenvalue weighted by molar-refractivity contribution is -0.246. The van der Waals surface area contributed by atoms with Crippen molar-refractivity contribution in [2.24, 2.45) is 0 Å². The van der Waals surface area contributed by atoms with Crippen molar-refractivity contribution in [1.82, 2.24) is 4.90 Å². The maximum absolute atomic E-state index is 12.9. The fourth-order valence-electron chi connectivity index (χ4n) is 3.88. The van der Waals surface area contributed by atoms with Crippen LogP contribution in [0.15, 0.2) is 41.3 Å². The van der Waals surface area contributed by atoms with Gasteiger partial charge in [0, 0.05) is 31.9 Å². The van der Waals surface area contributed by atoms with Crippen LogP contribution in [0.5, 0.6) is 0 Å². The highest BCUT2D eigenvalue weighted by atomic mass is 32.2. The Kier molecular flexibility index (Phi) is 7.88. The van der Waals surface area contributed by atoms with Gasteiger partial charge in [0.25, 0.3) is 0 Å². The van der Waals surface area contributed by atoms with E-state index in [1.165, 1.54) is 6.92 Å². The van der Waals surface area contributed by atoms with E-state index < -0.39 is 39.5 Å². The quantitative estimate of drug-likeness (QED) is 0.448. The number of allylic oxidation sites excluding steroid dienone is 2. The van der Waals surface area contributed by atoms with Gasteiger partial charge in [-0.15, -0.1) is 0 Å². The molecule has 0 amide bonds. The summed E-state index contributed by atoms with van der Waals surface area (Å²) < 4.78 is 63.8. The van der Waals surface area contributed by atoms with Crippen molar-refractivity contribution in [3.8, 4) is 6.07 Å². The molecule has 2 N–H and O–H groups in total. The number of sulfone groups is 1. The second-order valence-corrected chi connectivity index (χ2v) is 10.2. The zero-order valence-corrected chi connectivity index (χ0v) is 19.4. The molecule has 11 heteroatoms. The summed E-state index contributed by atoms with van der Waals surface area (Å²) in [6.45, 7) is 1.26. The van der Waals surface area contributed by atoms with Crippen molar-refractivity contribution in [3.63, 3.8) is 0 Å². The lowest BCUT2D eigenvalue weighted by Gasteiger charge is -2.36. The van der Waals surface area contributed by atoms with Crippen LogP contribution in [0, 0.1) is 11.3 Å². The zero-order valence-electron chi connectivity index (χ0n) is 18.6. The van der Waals surface area contributed by atoms with Gasteiger partial charge in [-0.2, -0.15) is 18.4 Å². The first kappa shape index (κ1) is 26.0. The van der Waals surface area contributed by atoms with E-state index in [2.05, 4.69) is 0 Å². The van der Waals surface area contributed by atoms with E-state index in [1.807, 2.05) is 23.1 Å². The number of hydrogen-bond donors (Lipinski definition) is 2. The highest BCUT2D eigenvalue weighted by Gasteiger charge is 2.38. The van der Waals surface area contributed by atoms with Crippen molar-refractivity contribution in [1.29, 1.82) is 5.26 Å². The SMILES string of the molecule is C/C(=C(/C#N)S(=O)(=O)CCC(O)CO)c1ccc2cc(N3CCN(C(F)(F)F)CC3)ccc2c1. The largest absolute Gasteiger partial charge is 0.460 e. The second-order valence-electron chi connectivity index (χ2n) is 8.20. The molecule has 2 aromatic rings. The van der Waals surface area contributed by atoms with Gasteiger partial charge in [-0.3, -0.25) is 0 Å². The molecule has 1 fully saturated rings. The summed E-state index contributed by atoms with van der Waals surface area (Å²) in [7, 11) is -3.96. The monoisotopic (exact) mass is 497 g/mol. The first-order valence-corrected chi connectivity index (χ1v) is 12.3. The Morgan fingerprint density at radius 1 is 1.12 bits per heavy atom. The molecule has 7 nitrogen and oxygen atoms in total. The molecule has 1 heterocycles. The summed E-state index contributed by atoms with van der Waals surface area (Å²) in [5, 5.41) is 29.5. The van der Waals surface area contributed by atoms with Gasteiger partial charge in [-0.05, 0) is 53.5 Å². The van der Waals surface area contributed by atoms with Crippen LogP contribution < -0.4 is 4.90 Å². The van der Waals surface area contributed by atoms with Crippen LogP contribution in [0.3, 0.4) is 0 Å². The molecule has 1 saturated heterocycles. The van der Waals surface area contributed by atoms with Gasteiger partial charge in [-0.25, -0.2) is 13.3 Å². The van der Waals surface area contributed by atoms with E-state index in [0.29, 0.717) is 10.5 Å². The minimum atomic E-state index is -4.33. The fraction of sp³-hybridized carbons (Fsp3) is 0.435. The summed E-state index contributed by atoms with van der Waals surface area (Å²) in [6.07, 6.45) is -5.69. The van der Waals surface area contributed by atoms with E-state index in [1.54, 1.807) is 24.3 Å². The zero-order chi connectivity index (χ0) is 25.1. The molecule has 1 aliphatic rings. The fourth-order valence-corrected chi connectivity index (χ4v) is 5.39. The second kappa shape index (κ2) is 10.3.